The Balaban J connectivity index is 0.00000441. The number of nitrogens with zero attached hydrogens (tertiary/aromatic N) is 1. The molecule has 0 saturated carbocycles. The maximum absolute atomic E-state index is 5.39. The number of guanidine groups is 1. The van der Waals surface area contributed by atoms with Crippen LogP contribution in [0.3, 0.4) is 0 Å². The average Bonchev–Trinajstić information content (AvgIpc) is 2.47. The molecule has 0 unspecified atom stereocenters. The molecule has 0 aliphatic rings. The number of rotatable bonds is 8. The van der Waals surface area contributed by atoms with Crippen molar-refractivity contribution in [1.82, 2.24) is 10.6 Å². The largest absolute Gasteiger partial charge is 0.382 e. The van der Waals surface area contributed by atoms with Crippen LogP contribution in [0.2, 0.25) is 0 Å². The Morgan fingerprint density at radius 1 is 1.14 bits per heavy atom. The number of aryl methyl sites for hydroxylation is 2. The fourth-order valence-corrected chi connectivity index (χ4v) is 1.93. The van der Waals surface area contributed by atoms with Crippen LogP contribution in [0.5, 0.6) is 0 Å². The molecule has 0 aliphatic heterocycles. The van der Waals surface area contributed by atoms with Gasteiger partial charge in [-0.2, -0.15) is 0 Å². The van der Waals surface area contributed by atoms with E-state index < -0.39 is 0 Å². The number of ether oxygens (including phenoxy) is 2. The summed E-state index contributed by atoms with van der Waals surface area (Å²) >= 11 is 0. The van der Waals surface area contributed by atoms with Gasteiger partial charge in [0.25, 0.3) is 0 Å². The molecular formula is C16H28IN3O2. The minimum atomic E-state index is 0. The van der Waals surface area contributed by atoms with Crippen molar-refractivity contribution in [2.24, 2.45) is 4.99 Å². The molecule has 0 fully saturated rings. The van der Waals surface area contributed by atoms with Crippen LogP contribution in [0.1, 0.15) is 16.7 Å². The van der Waals surface area contributed by atoms with E-state index in [0.29, 0.717) is 19.8 Å². The van der Waals surface area contributed by atoms with E-state index in [-0.39, 0.29) is 24.0 Å². The molecule has 0 amide bonds. The Kier molecular flexibility index (Phi) is 12.2. The minimum absolute atomic E-state index is 0. The lowest BCUT2D eigenvalue weighted by molar-refractivity contribution is 0.0733. The second-order valence-electron chi connectivity index (χ2n) is 4.89. The van der Waals surface area contributed by atoms with Gasteiger partial charge in [0.1, 0.15) is 0 Å². The zero-order valence-electron chi connectivity index (χ0n) is 13.9. The van der Waals surface area contributed by atoms with Gasteiger partial charge in [-0.3, -0.25) is 4.99 Å². The second kappa shape index (κ2) is 12.7. The molecule has 0 bridgehead atoms. The third-order valence-electron chi connectivity index (χ3n) is 3.14. The van der Waals surface area contributed by atoms with Crippen molar-refractivity contribution < 1.29 is 9.47 Å². The van der Waals surface area contributed by atoms with Crippen LogP contribution < -0.4 is 10.6 Å². The standard InChI is InChI=1S/C16H27N3O2.HI/c1-13-5-6-15(14(2)11-13)12-19-16(17-3)18-7-8-21-10-9-20-4;/h5-6,11H,7-10,12H2,1-4H3,(H2,17,18,19);1H. The van der Waals surface area contributed by atoms with Gasteiger partial charge in [-0.1, -0.05) is 23.8 Å². The molecule has 5 nitrogen and oxygen atoms in total. The number of nitrogens with one attached hydrogen (secondary N) is 2. The smallest absolute Gasteiger partial charge is 0.191 e. The molecular weight excluding hydrogens is 393 g/mol. The van der Waals surface area contributed by atoms with E-state index in [2.05, 4.69) is 47.7 Å². The maximum atomic E-state index is 5.39. The van der Waals surface area contributed by atoms with Gasteiger partial charge < -0.3 is 20.1 Å². The van der Waals surface area contributed by atoms with Crippen molar-refractivity contribution in [2.75, 3.05) is 40.5 Å². The van der Waals surface area contributed by atoms with Crippen molar-refractivity contribution in [2.45, 2.75) is 20.4 Å². The van der Waals surface area contributed by atoms with E-state index >= 15 is 0 Å². The number of methoxy groups -OCH3 is 1. The van der Waals surface area contributed by atoms with E-state index in [1.165, 1.54) is 16.7 Å². The van der Waals surface area contributed by atoms with E-state index in [1.54, 1.807) is 14.2 Å². The molecule has 0 saturated heterocycles. The van der Waals surface area contributed by atoms with Crippen LogP contribution in [0, 0.1) is 13.8 Å². The summed E-state index contributed by atoms with van der Waals surface area (Å²) in [7, 11) is 3.43. The monoisotopic (exact) mass is 421 g/mol. The highest BCUT2D eigenvalue weighted by Gasteiger charge is 2.01. The average molecular weight is 421 g/mol. The number of hydrogen-bond acceptors (Lipinski definition) is 3. The third kappa shape index (κ3) is 8.55. The Hall–Kier alpha value is -0.860. The lowest BCUT2D eigenvalue weighted by Crippen LogP contribution is -2.38. The first-order valence-electron chi connectivity index (χ1n) is 7.24. The number of benzene rings is 1. The summed E-state index contributed by atoms with van der Waals surface area (Å²) in [4.78, 5) is 4.20. The Morgan fingerprint density at radius 2 is 1.91 bits per heavy atom. The highest BCUT2D eigenvalue weighted by molar-refractivity contribution is 14.0. The Labute approximate surface area is 150 Å². The van der Waals surface area contributed by atoms with E-state index in [1.807, 2.05) is 0 Å². The molecule has 1 rings (SSSR count). The highest BCUT2D eigenvalue weighted by atomic mass is 127. The topological polar surface area (TPSA) is 54.9 Å². The molecule has 0 aromatic heterocycles. The van der Waals surface area contributed by atoms with Gasteiger partial charge in [-0.25, -0.2) is 0 Å². The van der Waals surface area contributed by atoms with Gasteiger partial charge in [0.05, 0.1) is 19.8 Å². The summed E-state index contributed by atoms with van der Waals surface area (Å²) in [5.41, 5.74) is 3.85. The minimum Gasteiger partial charge on any atom is -0.382 e. The molecule has 2 N–H and O–H groups in total. The van der Waals surface area contributed by atoms with Crippen molar-refractivity contribution in [3.8, 4) is 0 Å². The van der Waals surface area contributed by atoms with Gasteiger partial charge >= 0.3 is 0 Å². The molecule has 0 spiro atoms. The molecule has 1 aromatic carbocycles. The van der Waals surface area contributed by atoms with Crippen LogP contribution in [0.15, 0.2) is 23.2 Å². The number of hydrogen-bond donors (Lipinski definition) is 2. The fraction of sp³-hybridized carbons (Fsp3) is 0.562. The zero-order chi connectivity index (χ0) is 15.5. The Morgan fingerprint density at radius 3 is 2.55 bits per heavy atom. The summed E-state index contributed by atoms with van der Waals surface area (Å²) in [6.07, 6.45) is 0. The lowest BCUT2D eigenvalue weighted by Gasteiger charge is -2.13. The fourth-order valence-electron chi connectivity index (χ4n) is 1.93. The van der Waals surface area contributed by atoms with E-state index in [0.717, 1.165) is 19.0 Å². The van der Waals surface area contributed by atoms with Crippen molar-refractivity contribution in [1.29, 1.82) is 0 Å². The van der Waals surface area contributed by atoms with Gasteiger partial charge in [0.2, 0.25) is 0 Å². The predicted molar refractivity (Wildman–Crippen MR) is 102 cm³/mol. The second-order valence-corrected chi connectivity index (χ2v) is 4.89. The van der Waals surface area contributed by atoms with E-state index in [9.17, 15) is 0 Å². The van der Waals surface area contributed by atoms with Gasteiger partial charge in [0.15, 0.2) is 5.96 Å². The van der Waals surface area contributed by atoms with Gasteiger partial charge in [-0.15, -0.1) is 24.0 Å². The van der Waals surface area contributed by atoms with Crippen LogP contribution >= 0.6 is 24.0 Å². The third-order valence-corrected chi connectivity index (χ3v) is 3.14. The molecule has 0 atom stereocenters. The quantitative estimate of drug-likeness (QED) is 0.293. The van der Waals surface area contributed by atoms with Crippen LogP contribution in [-0.2, 0) is 16.0 Å². The summed E-state index contributed by atoms with van der Waals surface area (Å²) < 4.78 is 10.3. The molecule has 126 valence electrons. The highest BCUT2D eigenvalue weighted by Crippen LogP contribution is 2.09. The van der Waals surface area contributed by atoms with Gasteiger partial charge in [0, 0.05) is 27.2 Å². The first-order valence-corrected chi connectivity index (χ1v) is 7.24. The summed E-state index contributed by atoms with van der Waals surface area (Å²) in [5, 5.41) is 6.53. The summed E-state index contributed by atoms with van der Waals surface area (Å²) in [5.74, 6) is 0.783. The zero-order valence-corrected chi connectivity index (χ0v) is 16.3. The van der Waals surface area contributed by atoms with Crippen LogP contribution in [0.25, 0.3) is 0 Å². The molecule has 22 heavy (non-hydrogen) atoms. The Bertz CT molecular complexity index is 453. The molecule has 0 heterocycles. The SMILES string of the molecule is CN=C(NCCOCCOC)NCc1ccc(C)cc1C.I. The molecule has 6 heteroatoms. The summed E-state index contributed by atoms with van der Waals surface area (Å²) in [6.45, 7) is 7.59. The van der Waals surface area contributed by atoms with Crippen molar-refractivity contribution in [3.05, 3.63) is 34.9 Å². The van der Waals surface area contributed by atoms with Crippen molar-refractivity contribution >= 4 is 29.9 Å². The number of aliphatic imine (C=N–C) groups is 1. The normalized spacial score (nSPS) is 11.0. The lowest BCUT2D eigenvalue weighted by atomic mass is 10.1. The molecule has 0 aliphatic carbocycles. The van der Waals surface area contributed by atoms with Crippen LogP contribution in [0.4, 0.5) is 0 Å². The maximum Gasteiger partial charge on any atom is 0.191 e. The molecule has 1 aromatic rings. The summed E-state index contributed by atoms with van der Waals surface area (Å²) in [6, 6.07) is 6.47. The van der Waals surface area contributed by atoms with Crippen LogP contribution in [-0.4, -0.2) is 46.5 Å². The van der Waals surface area contributed by atoms with Gasteiger partial charge in [-0.05, 0) is 25.0 Å². The first-order chi connectivity index (χ1) is 10.2. The first kappa shape index (κ1) is 21.1. The van der Waals surface area contributed by atoms with Crippen molar-refractivity contribution in [3.63, 3.8) is 0 Å². The van der Waals surface area contributed by atoms with E-state index in [4.69, 9.17) is 9.47 Å². The number of halogens is 1. The predicted octanol–water partition coefficient (Wildman–Crippen LogP) is 2.25. The molecule has 0 radical (unpaired) electrons.